The van der Waals surface area contributed by atoms with Crippen LogP contribution in [-0.4, -0.2) is 40.0 Å². The van der Waals surface area contributed by atoms with Gasteiger partial charge in [-0.3, -0.25) is 14.6 Å². The van der Waals surface area contributed by atoms with E-state index in [9.17, 15) is 9.59 Å². The molecule has 1 aliphatic heterocycles. The Balaban J connectivity index is 1.66. The molecular formula is C16H17N3O3. The zero-order chi connectivity index (χ0) is 15.4. The first-order valence-corrected chi connectivity index (χ1v) is 7.27. The minimum Gasteiger partial charge on any atom is -0.488 e. The number of ether oxygens (including phenoxy) is 1. The molecule has 114 valence electrons. The number of aromatic amines is 1. The largest absolute Gasteiger partial charge is 0.488 e. The predicted octanol–water partition coefficient (Wildman–Crippen LogP) is 1.45. The maximum atomic E-state index is 12.4. The molecule has 0 spiro atoms. The number of rotatable bonds is 3. The zero-order valence-electron chi connectivity index (χ0n) is 12.1. The lowest BCUT2D eigenvalue weighted by atomic mass is 10.1. The highest BCUT2D eigenvalue weighted by molar-refractivity contribution is 5.93. The van der Waals surface area contributed by atoms with Crippen LogP contribution in [0.2, 0.25) is 0 Å². The van der Waals surface area contributed by atoms with E-state index in [1.54, 1.807) is 23.4 Å². The Bertz CT molecular complexity index is 679. The standard InChI is InChI=1S/C16H17N3O3/c20-15-4-3-12(10-18-15)16(21)19-9-1-2-14(11-19)22-13-5-7-17-8-6-13/h3-8,10,14H,1-2,9,11H2,(H,18,20)/t14-/m0/s1. The summed E-state index contributed by atoms with van der Waals surface area (Å²) in [5, 5.41) is 0. The summed E-state index contributed by atoms with van der Waals surface area (Å²) in [6.45, 7) is 1.24. The van der Waals surface area contributed by atoms with Crippen LogP contribution < -0.4 is 10.3 Å². The van der Waals surface area contributed by atoms with E-state index < -0.39 is 0 Å². The van der Waals surface area contributed by atoms with Crippen molar-refractivity contribution in [1.82, 2.24) is 14.9 Å². The Kier molecular flexibility index (Phi) is 4.18. The van der Waals surface area contributed by atoms with Gasteiger partial charge >= 0.3 is 0 Å². The number of hydrogen-bond donors (Lipinski definition) is 1. The summed E-state index contributed by atoms with van der Waals surface area (Å²) in [6, 6.07) is 6.53. The van der Waals surface area contributed by atoms with Crippen molar-refractivity contribution in [2.24, 2.45) is 0 Å². The molecule has 1 fully saturated rings. The number of likely N-dealkylation sites (tertiary alicyclic amines) is 1. The van der Waals surface area contributed by atoms with Crippen LogP contribution in [0.4, 0.5) is 0 Å². The molecule has 2 aromatic heterocycles. The van der Waals surface area contributed by atoms with Crippen molar-refractivity contribution in [2.75, 3.05) is 13.1 Å². The number of nitrogens with zero attached hydrogens (tertiary/aromatic N) is 2. The number of pyridine rings is 2. The molecule has 1 amide bonds. The number of aromatic nitrogens is 2. The second-order valence-electron chi connectivity index (χ2n) is 5.26. The highest BCUT2D eigenvalue weighted by atomic mass is 16.5. The van der Waals surface area contributed by atoms with E-state index in [0.717, 1.165) is 18.6 Å². The predicted molar refractivity (Wildman–Crippen MR) is 80.9 cm³/mol. The average Bonchev–Trinajstić information content (AvgIpc) is 2.56. The van der Waals surface area contributed by atoms with Crippen LogP contribution in [0.25, 0.3) is 0 Å². The van der Waals surface area contributed by atoms with E-state index in [1.807, 2.05) is 12.1 Å². The summed E-state index contributed by atoms with van der Waals surface area (Å²) >= 11 is 0. The molecular weight excluding hydrogens is 282 g/mol. The van der Waals surface area contributed by atoms with Crippen LogP contribution in [0.15, 0.2) is 47.7 Å². The summed E-state index contributed by atoms with van der Waals surface area (Å²) in [4.78, 5) is 31.8. The second kappa shape index (κ2) is 6.43. The Labute approximate surface area is 127 Å². The van der Waals surface area contributed by atoms with Gasteiger partial charge in [0, 0.05) is 31.2 Å². The smallest absolute Gasteiger partial charge is 0.255 e. The van der Waals surface area contributed by atoms with Crippen LogP contribution in [0.1, 0.15) is 23.2 Å². The topological polar surface area (TPSA) is 75.3 Å². The molecule has 0 unspecified atom stereocenters. The van der Waals surface area contributed by atoms with Gasteiger partial charge in [0.1, 0.15) is 11.9 Å². The molecule has 1 atom stereocenters. The van der Waals surface area contributed by atoms with Gasteiger partial charge in [-0.1, -0.05) is 0 Å². The Morgan fingerprint density at radius 2 is 2.09 bits per heavy atom. The van der Waals surface area contributed by atoms with Crippen molar-refractivity contribution >= 4 is 5.91 Å². The summed E-state index contributed by atoms with van der Waals surface area (Å²) < 4.78 is 5.90. The normalized spacial score (nSPS) is 18.0. The maximum Gasteiger partial charge on any atom is 0.255 e. The number of H-pyrrole nitrogens is 1. The highest BCUT2D eigenvalue weighted by Gasteiger charge is 2.25. The molecule has 1 aliphatic rings. The lowest BCUT2D eigenvalue weighted by Gasteiger charge is -2.32. The van der Waals surface area contributed by atoms with E-state index in [1.165, 1.54) is 12.3 Å². The van der Waals surface area contributed by atoms with Gasteiger partial charge in [-0.15, -0.1) is 0 Å². The summed E-state index contributed by atoms with van der Waals surface area (Å²) in [5.74, 6) is 0.678. The third-order valence-electron chi connectivity index (χ3n) is 3.65. The van der Waals surface area contributed by atoms with Gasteiger partial charge in [0.05, 0.1) is 12.1 Å². The SMILES string of the molecule is O=C(c1ccc(=O)[nH]c1)N1CCC[C@H](Oc2ccncc2)C1. The van der Waals surface area contributed by atoms with Crippen LogP contribution in [0, 0.1) is 0 Å². The number of carbonyl (C=O) groups excluding carboxylic acids is 1. The molecule has 6 heteroatoms. The molecule has 0 aromatic carbocycles. The van der Waals surface area contributed by atoms with Crippen LogP contribution >= 0.6 is 0 Å². The Morgan fingerprint density at radius 1 is 1.27 bits per heavy atom. The number of amides is 1. The Hall–Kier alpha value is -2.63. The van der Waals surface area contributed by atoms with Crippen molar-refractivity contribution in [1.29, 1.82) is 0 Å². The monoisotopic (exact) mass is 299 g/mol. The van der Waals surface area contributed by atoms with Gasteiger partial charge in [-0.2, -0.15) is 0 Å². The molecule has 2 aromatic rings. The summed E-state index contributed by atoms with van der Waals surface area (Å²) in [6.07, 6.45) is 6.60. The number of carbonyl (C=O) groups is 1. The molecule has 0 radical (unpaired) electrons. The van der Waals surface area contributed by atoms with Gasteiger partial charge in [-0.05, 0) is 31.0 Å². The fraction of sp³-hybridized carbons (Fsp3) is 0.312. The minimum absolute atomic E-state index is 0.0251. The fourth-order valence-corrected chi connectivity index (χ4v) is 2.55. The fourth-order valence-electron chi connectivity index (χ4n) is 2.55. The molecule has 3 rings (SSSR count). The molecule has 0 bridgehead atoms. The number of nitrogens with one attached hydrogen (secondary N) is 1. The molecule has 1 saturated heterocycles. The van der Waals surface area contributed by atoms with Crippen molar-refractivity contribution in [2.45, 2.75) is 18.9 Å². The van der Waals surface area contributed by atoms with E-state index >= 15 is 0 Å². The van der Waals surface area contributed by atoms with Gasteiger partial charge < -0.3 is 14.6 Å². The Morgan fingerprint density at radius 3 is 2.82 bits per heavy atom. The van der Waals surface area contributed by atoms with Gasteiger partial charge in [0.2, 0.25) is 5.56 Å². The molecule has 22 heavy (non-hydrogen) atoms. The van der Waals surface area contributed by atoms with E-state index in [2.05, 4.69) is 9.97 Å². The first-order chi connectivity index (χ1) is 10.7. The average molecular weight is 299 g/mol. The first kappa shape index (κ1) is 14.3. The maximum absolute atomic E-state index is 12.4. The lowest BCUT2D eigenvalue weighted by molar-refractivity contribution is 0.0537. The second-order valence-corrected chi connectivity index (χ2v) is 5.26. The van der Waals surface area contributed by atoms with Crippen LogP contribution in [0.5, 0.6) is 5.75 Å². The molecule has 1 N–H and O–H groups in total. The molecule has 0 aliphatic carbocycles. The third kappa shape index (κ3) is 3.33. The van der Waals surface area contributed by atoms with Crippen molar-refractivity contribution in [3.8, 4) is 5.75 Å². The number of hydrogen-bond acceptors (Lipinski definition) is 4. The van der Waals surface area contributed by atoms with Gasteiger partial charge in [0.25, 0.3) is 5.91 Å². The van der Waals surface area contributed by atoms with Crippen LogP contribution in [0.3, 0.4) is 0 Å². The van der Waals surface area contributed by atoms with Crippen molar-refractivity contribution < 1.29 is 9.53 Å². The van der Waals surface area contributed by atoms with Crippen molar-refractivity contribution in [3.05, 3.63) is 58.8 Å². The summed E-state index contributed by atoms with van der Waals surface area (Å²) in [7, 11) is 0. The first-order valence-electron chi connectivity index (χ1n) is 7.27. The highest BCUT2D eigenvalue weighted by Crippen LogP contribution is 2.18. The van der Waals surface area contributed by atoms with E-state index in [-0.39, 0.29) is 17.6 Å². The van der Waals surface area contributed by atoms with Gasteiger partial charge in [-0.25, -0.2) is 0 Å². The van der Waals surface area contributed by atoms with E-state index in [4.69, 9.17) is 4.74 Å². The van der Waals surface area contributed by atoms with E-state index in [0.29, 0.717) is 18.7 Å². The third-order valence-corrected chi connectivity index (χ3v) is 3.65. The van der Waals surface area contributed by atoms with Crippen molar-refractivity contribution in [3.63, 3.8) is 0 Å². The van der Waals surface area contributed by atoms with Crippen LogP contribution in [-0.2, 0) is 0 Å². The molecule has 6 nitrogen and oxygen atoms in total. The van der Waals surface area contributed by atoms with Gasteiger partial charge in [0.15, 0.2) is 0 Å². The molecule has 3 heterocycles. The summed E-state index contributed by atoms with van der Waals surface area (Å²) in [5.41, 5.74) is 0.276. The number of piperidine rings is 1. The lowest BCUT2D eigenvalue weighted by Crippen LogP contribution is -2.44. The molecule has 0 saturated carbocycles. The minimum atomic E-state index is -0.214. The quantitative estimate of drug-likeness (QED) is 0.931. The zero-order valence-corrected chi connectivity index (χ0v) is 12.1.